The fourth-order valence-corrected chi connectivity index (χ4v) is 2.09. The Morgan fingerprint density at radius 2 is 2.24 bits per heavy atom. The van der Waals surface area contributed by atoms with E-state index in [4.69, 9.17) is 0 Å². The summed E-state index contributed by atoms with van der Waals surface area (Å²) in [7, 11) is 1.92. The van der Waals surface area contributed by atoms with Gasteiger partial charge in [-0.15, -0.1) is 11.3 Å². The summed E-state index contributed by atoms with van der Waals surface area (Å²) in [5, 5.41) is 2.40. The third-order valence-electron chi connectivity index (χ3n) is 2.49. The van der Waals surface area contributed by atoms with Gasteiger partial charge in [0.05, 0.1) is 11.9 Å². The molecule has 2 heterocycles. The Hall–Kier alpha value is -1.75. The third-order valence-corrected chi connectivity index (χ3v) is 3.47. The number of hydrogen-bond acceptors (Lipinski definition) is 4. The average Bonchev–Trinajstić information content (AvgIpc) is 2.86. The largest absolute Gasteiger partial charge is 0.332 e. The lowest BCUT2D eigenvalue weighted by Gasteiger charge is -1.96. The summed E-state index contributed by atoms with van der Waals surface area (Å²) < 4.78 is 1.93. The number of carbonyl (C=O) groups is 1. The first-order valence-electron chi connectivity index (χ1n) is 5.21. The molecule has 0 radical (unpaired) electrons. The fourth-order valence-electron chi connectivity index (χ4n) is 1.37. The molecular weight excluding hydrogens is 234 g/mol. The molecule has 0 atom stereocenters. The molecule has 2 rings (SSSR count). The molecule has 0 aliphatic heterocycles. The molecule has 0 saturated heterocycles. The molecule has 5 heteroatoms. The molecule has 17 heavy (non-hydrogen) atoms. The highest BCUT2D eigenvalue weighted by Crippen LogP contribution is 2.11. The predicted octanol–water partition coefficient (Wildman–Crippen LogP) is 2.39. The number of ketones is 1. The maximum Gasteiger partial charge on any atom is 0.214 e. The molecule has 0 bridgehead atoms. The van der Waals surface area contributed by atoms with Crippen LogP contribution in [0.1, 0.15) is 27.0 Å². The molecule has 2 aromatic heterocycles. The molecule has 0 unspecified atom stereocenters. The van der Waals surface area contributed by atoms with Gasteiger partial charge in [0.1, 0.15) is 5.82 Å². The fraction of sp³-hybridized carbons (Fsp3) is 0.250. The zero-order chi connectivity index (χ0) is 12.4. The Kier molecular flexibility index (Phi) is 3.19. The minimum absolute atomic E-state index is 0.0676. The Morgan fingerprint density at radius 3 is 2.76 bits per heavy atom. The molecule has 0 aromatic carbocycles. The number of imidazole rings is 1. The van der Waals surface area contributed by atoms with E-state index in [2.05, 4.69) is 9.97 Å². The van der Waals surface area contributed by atoms with E-state index in [-0.39, 0.29) is 5.78 Å². The number of hydrogen-bond donors (Lipinski definition) is 0. The van der Waals surface area contributed by atoms with Crippen LogP contribution in [0.2, 0.25) is 0 Å². The van der Waals surface area contributed by atoms with Gasteiger partial charge < -0.3 is 4.57 Å². The molecular formula is C12H13N3OS. The summed E-state index contributed by atoms with van der Waals surface area (Å²) in [6.07, 6.45) is 5.04. The second-order valence-corrected chi connectivity index (χ2v) is 4.64. The van der Waals surface area contributed by atoms with Gasteiger partial charge in [-0.25, -0.2) is 9.97 Å². The second-order valence-electron chi connectivity index (χ2n) is 3.78. The van der Waals surface area contributed by atoms with Crippen molar-refractivity contribution >= 4 is 23.2 Å². The van der Waals surface area contributed by atoms with E-state index in [9.17, 15) is 4.79 Å². The van der Waals surface area contributed by atoms with E-state index in [1.54, 1.807) is 12.3 Å². The van der Waals surface area contributed by atoms with Crippen molar-refractivity contribution < 1.29 is 4.79 Å². The maximum absolute atomic E-state index is 11.8. The molecule has 0 spiro atoms. The maximum atomic E-state index is 11.8. The van der Waals surface area contributed by atoms with E-state index in [1.807, 2.05) is 30.8 Å². The highest BCUT2D eigenvalue weighted by molar-refractivity contribution is 7.11. The minimum Gasteiger partial charge on any atom is -0.332 e. The lowest BCUT2D eigenvalue weighted by molar-refractivity contribution is 0.104. The molecule has 0 N–H and O–H groups in total. The van der Waals surface area contributed by atoms with Crippen LogP contribution >= 0.6 is 11.3 Å². The van der Waals surface area contributed by atoms with Crippen molar-refractivity contribution in [1.82, 2.24) is 14.5 Å². The number of rotatable bonds is 3. The van der Waals surface area contributed by atoms with Crippen molar-refractivity contribution in [2.24, 2.45) is 7.05 Å². The zero-order valence-corrected chi connectivity index (χ0v) is 10.8. The summed E-state index contributed by atoms with van der Waals surface area (Å²) in [5.74, 6) is 0.851. The summed E-state index contributed by atoms with van der Waals surface area (Å²) in [6, 6.07) is 0. The van der Waals surface area contributed by atoms with Gasteiger partial charge in [0.25, 0.3) is 0 Å². The van der Waals surface area contributed by atoms with Crippen molar-refractivity contribution in [2.75, 3.05) is 0 Å². The number of thiazole rings is 1. The summed E-state index contributed by atoms with van der Waals surface area (Å²) >= 11 is 1.37. The smallest absolute Gasteiger partial charge is 0.214 e. The van der Waals surface area contributed by atoms with E-state index < -0.39 is 0 Å². The van der Waals surface area contributed by atoms with Crippen molar-refractivity contribution in [2.45, 2.75) is 13.8 Å². The highest BCUT2D eigenvalue weighted by Gasteiger charge is 2.06. The average molecular weight is 247 g/mol. The topological polar surface area (TPSA) is 47.8 Å². The molecule has 0 aliphatic carbocycles. The van der Waals surface area contributed by atoms with E-state index >= 15 is 0 Å². The van der Waals surface area contributed by atoms with Crippen LogP contribution in [-0.2, 0) is 7.05 Å². The first-order chi connectivity index (χ1) is 8.08. The Morgan fingerprint density at radius 1 is 1.47 bits per heavy atom. The SMILES string of the molecule is Cc1csc(C(=O)C=Cc2cnc(C)n2C)n1. The minimum atomic E-state index is -0.0676. The Balaban J connectivity index is 2.16. The molecule has 0 amide bonds. The van der Waals surface area contributed by atoms with Gasteiger partial charge in [-0.05, 0) is 26.0 Å². The van der Waals surface area contributed by atoms with Crippen LogP contribution in [-0.4, -0.2) is 20.3 Å². The van der Waals surface area contributed by atoms with Crippen LogP contribution in [0.3, 0.4) is 0 Å². The van der Waals surface area contributed by atoms with E-state index in [1.165, 1.54) is 17.4 Å². The van der Waals surface area contributed by atoms with Crippen LogP contribution in [0.4, 0.5) is 0 Å². The number of allylic oxidation sites excluding steroid dienone is 1. The normalized spacial score (nSPS) is 11.2. The zero-order valence-electron chi connectivity index (χ0n) is 9.97. The lowest BCUT2D eigenvalue weighted by atomic mass is 10.3. The van der Waals surface area contributed by atoms with Crippen molar-refractivity contribution in [1.29, 1.82) is 0 Å². The standard InChI is InChI=1S/C12H13N3OS/c1-8-7-17-12(14-8)11(16)5-4-10-6-13-9(2)15(10)3/h4-7H,1-3H3. The van der Waals surface area contributed by atoms with E-state index in [0.29, 0.717) is 5.01 Å². The molecule has 0 fully saturated rings. The van der Waals surface area contributed by atoms with Gasteiger partial charge in [-0.3, -0.25) is 4.79 Å². The van der Waals surface area contributed by atoms with Gasteiger partial charge in [0.15, 0.2) is 5.01 Å². The van der Waals surface area contributed by atoms with Crippen LogP contribution < -0.4 is 0 Å². The number of aromatic nitrogens is 3. The van der Waals surface area contributed by atoms with Gasteiger partial charge in [0.2, 0.25) is 5.78 Å². The van der Waals surface area contributed by atoms with Crippen LogP contribution in [0, 0.1) is 13.8 Å². The first kappa shape index (κ1) is 11.7. The molecule has 2 aromatic rings. The molecule has 0 saturated carbocycles. The van der Waals surface area contributed by atoms with Crippen molar-refractivity contribution in [3.8, 4) is 0 Å². The number of nitrogens with zero attached hydrogens (tertiary/aromatic N) is 3. The van der Waals surface area contributed by atoms with Crippen molar-refractivity contribution in [3.63, 3.8) is 0 Å². The van der Waals surface area contributed by atoms with Crippen molar-refractivity contribution in [3.05, 3.63) is 39.9 Å². The van der Waals surface area contributed by atoms with Gasteiger partial charge in [0, 0.05) is 18.1 Å². The first-order valence-corrected chi connectivity index (χ1v) is 6.09. The summed E-state index contributed by atoms with van der Waals surface area (Å²) in [6.45, 7) is 3.80. The highest BCUT2D eigenvalue weighted by atomic mass is 32.1. The van der Waals surface area contributed by atoms with Crippen LogP contribution in [0.25, 0.3) is 6.08 Å². The lowest BCUT2D eigenvalue weighted by Crippen LogP contribution is -1.96. The third kappa shape index (κ3) is 2.50. The molecule has 0 aliphatic rings. The Labute approximate surface area is 104 Å². The summed E-state index contributed by atoms with van der Waals surface area (Å²) in [4.78, 5) is 20.1. The van der Waals surface area contributed by atoms with E-state index in [0.717, 1.165) is 17.2 Å². The summed E-state index contributed by atoms with van der Waals surface area (Å²) in [5.41, 5.74) is 1.78. The molecule has 4 nitrogen and oxygen atoms in total. The van der Waals surface area contributed by atoms with Gasteiger partial charge >= 0.3 is 0 Å². The number of carbonyl (C=O) groups excluding carboxylic acids is 1. The van der Waals surface area contributed by atoms with Gasteiger partial charge in [-0.1, -0.05) is 0 Å². The quantitative estimate of drug-likeness (QED) is 0.618. The predicted molar refractivity (Wildman–Crippen MR) is 68.2 cm³/mol. The van der Waals surface area contributed by atoms with Crippen LogP contribution in [0.15, 0.2) is 17.7 Å². The second kappa shape index (κ2) is 4.63. The van der Waals surface area contributed by atoms with Gasteiger partial charge in [-0.2, -0.15) is 0 Å². The van der Waals surface area contributed by atoms with Crippen LogP contribution in [0.5, 0.6) is 0 Å². The molecule has 88 valence electrons. The number of aryl methyl sites for hydroxylation is 2. The monoisotopic (exact) mass is 247 g/mol. The Bertz CT molecular complexity index is 580.